The van der Waals surface area contributed by atoms with Crippen LogP contribution in [0.15, 0.2) is 70.0 Å². The molecular formula is C27H30BrN3O3. The third kappa shape index (κ3) is 5.65. The first-order valence-electron chi connectivity index (χ1n) is 11.3. The Labute approximate surface area is 208 Å². The van der Waals surface area contributed by atoms with Gasteiger partial charge in [0.05, 0.1) is 23.7 Å². The molecule has 1 atom stereocenters. The van der Waals surface area contributed by atoms with Crippen molar-refractivity contribution in [3.8, 4) is 11.5 Å². The molecule has 1 heterocycles. The maximum absolute atomic E-state index is 13.4. The largest absolute Gasteiger partial charge is 0.490 e. The van der Waals surface area contributed by atoms with E-state index in [-0.39, 0.29) is 11.5 Å². The second-order valence-corrected chi connectivity index (χ2v) is 8.75. The molecule has 0 amide bonds. The molecule has 1 aromatic heterocycles. The van der Waals surface area contributed by atoms with E-state index < -0.39 is 0 Å². The van der Waals surface area contributed by atoms with Gasteiger partial charge >= 0.3 is 0 Å². The molecule has 0 N–H and O–H groups in total. The van der Waals surface area contributed by atoms with Crippen molar-refractivity contribution in [2.75, 3.05) is 13.2 Å². The monoisotopic (exact) mass is 523 g/mol. The molecule has 3 rings (SSSR count). The van der Waals surface area contributed by atoms with Crippen molar-refractivity contribution in [3.63, 3.8) is 0 Å². The van der Waals surface area contributed by atoms with E-state index in [0.29, 0.717) is 47.9 Å². The fourth-order valence-electron chi connectivity index (χ4n) is 3.54. The molecule has 178 valence electrons. The van der Waals surface area contributed by atoms with E-state index in [9.17, 15) is 4.79 Å². The quantitative estimate of drug-likeness (QED) is 0.220. The number of benzene rings is 2. The molecule has 3 aromatic rings. The summed E-state index contributed by atoms with van der Waals surface area (Å²) < 4.78 is 13.9. The van der Waals surface area contributed by atoms with Gasteiger partial charge in [0.15, 0.2) is 11.5 Å². The van der Waals surface area contributed by atoms with Gasteiger partial charge in [-0.1, -0.05) is 48.5 Å². The highest BCUT2D eigenvalue weighted by Crippen LogP contribution is 2.33. The number of hydrogen-bond acceptors (Lipinski definition) is 5. The van der Waals surface area contributed by atoms with Gasteiger partial charge in [0.25, 0.3) is 5.56 Å². The predicted octanol–water partition coefficient (Wildman–Crippen LogP) is 6.25. The fraction of sp³-hybridized carbons (Fsp3) is 0.296. The fourth-order valence-corrected chi connectivity index (χ4v) is 3.90. The number of ether oxygens (including phenoxy) is 2. The predicted molar refractivity (Wildman–Crippen MR) is 143 cm³/mol. The lowest BCUT2D eigenvalue weighted by Gasteiger charge is -2.16. The molecule has 0 saturated carbocycles. The van der Waals surface area contributed by atoms with Crippen molar-refractivity contribution in [1.29, 1.82) is 0 Å². The molecule has 7 heteroatoms. The van der Waals surface area contributed by atoms with Gasteiger partial charge in [0.1, 0.15) is 12.4 Å². The molecule has 6 nitrogen and oxygen atoms in total. The van der Waals surface area contributed by atoms with E-state index in [4.69, 9.17) is 14.5 Å². The minimum absolute atomic E-state index is 0.0582. The van der Waals surface area contributed by atoms with Crippen molar-refractivity contribution in [2.45, 2.75) is 39.5 Å². The number of hydrogen-bond donors (Lipinski definition) is 0. The SMILES string of the molecule is C=CCOc1c(CC=C)cc(C=Nn2c([C@@H](C)CC)nc3ccc(Br)cc3c2=O)cc1OCC. The summed E-state index contributed by atoms with van der Waals surface area (Å²) in [7, 11) is 0. The van der Waals surface area contributed by atoms with Crippen LogP contribution in [0.4, 0.5) is 0 Å². The van der Waals surface area contributed by atoms with Crippen LogP contribution in [-0.2, 0) is 6.42 Å². The molecule has 0 saturated heterocycles. The Kier molecular flexibility index (Phi) is 8.82. The summed E-state index contributed by atoms with van der Waals surface area (Å²) in [6.07, 6.45) is 6.58. The minimum atomic E-state index is -0.208. The molecule has 0 radical (unpaired) electrons. The van der Waals surface area contributed by atoms with Crippen molar-refractivity contribution in [2.24, 2.45) is 5.10 Å². The smallest absolute Gasteiger partial charge is 0.282 e. The maximum atomic E-state index is 13.4. The highest BCUT2D eigenvalue weighted by molar-refractivity contribution is 9.10. The average molecular weight is 524 g/mol. The molecule has 34 heavy (non-hydrogen) atoms. The highest BCUT2D eigenvalue weighted by atomic mass is 79.9. The number of halogens is 1. The number of aromatic nitrogens is 2. The molecule has 0 spiro atoms. The Bertz CT molecular complexity index is 1280. The molecule has 2 aromatic carbocycles. The van der Waals surface area contributed by atoms with Gasteiger partial charge in [-0.15, -0.1) is 6.58 Å². The van der Waals surface area contributed by atoms with Crippen LogP contribution in [0.2, 0.25) is 0 Å². The van der Waals surface area contributed by atoms with Crippen LogP contribution >= 0.6 is 15.9 Å². The van der Waals surface area contributed by atoms with Crippen molar-refractivity contribution in [1.82, 2.24) is 9.66 Å². The summed E-state index contributed by atoms with van der Waals surface area (Å²) in [5.74, 6) is 1.96. The van der Waals surface area contributed by atoms with Crippen molar-refractivity contribution >= 4 is 33.0 Å². The van der Waals surface area contributed by atoms with Crippen LogP contribution in [0.1, 0.15) is 50.1 Å². The van der Waals surface area contributed by atoms with Crippen LogP contribution in [0.3, 0.4) is 0 Å². The van der Waals surface area contributed by atoms with Gasteiger partial charge in [0, 0.05) is 16.0 Å². The van der Waals surface area contributed by atoms with Gasteiger partial charge in [-0.25, -0.2) is 4.98 Å². The second-order valence-electron chi connectivity index (χ2n) is 7.84. The van der Waals surface area contributed by atoms with Crippen LogP contribution in [0, 0.1) is 0 Å². The molecule has 0 aliphatic carbocycles. The third-order valence-electron chi connectivity index (χ3n) is 5.37. The second kappa shape index (κ2) is 11.8. The molecule has 0 aliphatic heterocycles. The normalized spacial score (nSPS) is 12.1. The first kappa shape index (κ1) is 25.4. The van der Waals surface area contributed by atoms with Gasteiger partial charge in [0.2, 0.25) is 0 Å². The summed E-state index contributed by atoms with van der Waals surface area (Å²) in [6, 6.07) is 9.33. The van der Waals surface area contributed by atoms with E-state index in [0.717, 1.165) is 22.0 Å². The molecular weight excluding hydrogens is 494 g/mol. The zero-order chi connectivity index (χ0) is 24.7. The molecule has 0 bridgehead atoms. The lowest BCUT2D eigenvalue weighted by atomic mass is 10.1. The van der Waals surface area contributed by atoms with E-state index in [1.54, 1.807) is 18.4 Å². The van der Waals surface area contributed by atoms with E-state index in [1.807, 2.05) is 44.2 Å². The number of allylic oxidation sites excluding steroid dienone is 1. The minimum Gasteiger partial charge on any atom is -0.490 e. The van der Waals surface area contributed by atoms with E-state index in [2.05, 4.69) is 41.1 Å². The van der Waals surface area contributed by atoms with Crippen molar-refractivity contribution in [3.05, 3.63) is 87.4 Å². The summed E-state index contributed by atoms with van der Waals surface area (Å²) >= 11 is 3.44. The lowest BCUT2D eigenvalue weighted by molar-refractivity contribution is 0.295. The summed E-state index contributed by atoms with van der Waals surface area (Å²) in [6.45, 7) is 14.5. The number of rotatable bonds is 11. The first-order chi connectivity index (χ1) is 16.4. The molecule has 0 aliphatic rings. The highest BCUT2D eigenvalue weighted by Gasteiger charge is 2.16. The van der Waals surface area contributed by atoms with E-state index in [1.165, 1.54) is 4.68 Å². The summed E-state index contributed by atoms with van der Waals surface area (Å²) in [5, 5.41) is 5.09. The van der Waals surface area contributed by atoms with E-state index >= 15 is 0 Å². The lowest BCUT2D eigenvalue weighted by Crippen LogP contribution is -2.23. The Hall–Kier alpha value is -3.19. The Morgan fingerprint density at radius 1 is 1.18 bits per heavy atom. The number of nitrogens with zero attached hydrogens (tertiary/aromatic N) is 3. The van der Waals surface area contributed by atoms with Crippen LogP contribution in [0.5, 0.6) is 11.5 Å². The molecule has 0 unspecified atom stereocenters. The van der Waals surface area contributed by atoms with Crippen LogP contribution in [-0.4, -0.2) is 29.1 Å². The van der Waals surface area contributed by atoms with Crippen LogP contribution in [0.25, 0.3) is 10.9 Å². The summed E-state index contributed by atoms with van der Waals surface area (Å²) in [5.41, 5.74) is 2.15. The van der Waals surface area contributed by atoms with Crippen molar-refractivity contribution < 1.29 is 9.47 Å². The Balaban J connectivity index is 2.16. The number of fused-ring (bicyclic) bond motifs is 1. The standard InChI is InChI=1S/C27H30BrN3O3/c1-6-10-20-14-19(15-24(33-9-4)25(20)34-13-7-2)17-29-31-26(18(5)8-3)30-23-12-11-21(28)16-22(23)27(31)32/h6-7,11-12,14-18H,1-2,8-10,13H2,3-5H3/t18-/m0/s1. The first-order valence-corrected chi connectivity index (χ1v) is 12.1. The maximum Gasteiger partial charge on any atom is 0.282 e. The average Bonchev–Trinajstić information content (AvgIpc) is 2.83. The zero-order valence-corrected chi connectivity index (χ0v) is 21.5. The van der Waals surface area contributed by atoms with Gasteiger partial charge in [-0.3, -0.25) is 4.79 Å². The zero-order valence-electron chi connectivity index (χ0n) is 19.9. The summed E-state index contributed by atoms with van der Waals surface area (Å²) in [4.78, 5) is 18.1. The van der Waals surface area contributed by atoms with Gasteiger partial charge < -0.3 is 9.47 Å². The molecule has 0 fully saturated rings. The van der Waals surface area contributed by atoms with Gasteiger partial charge in [-0.2, -0.15) is 9.78 Å². The third-order valence-corrected chi connectivity index (χ3v) is 5.87. The Morgan fingerprint density at radius 3 is 2.65 bits per heavy atom. The van der Waals surface area contributed by atoms with Crippen LogP contribution < -0.4 is 15.0 Å². The van der Waals surface area contributed by atoms with Gasteiger partial charge in [-0.05, 0) is 55.7 Å². The topological polar surface area (TPSA) is 65.7 Å². The Morgan fingerprint density at radius 2 is 1.97 bits per heavy atom.